The molecule has 0 aromatic heterocycles. The second kappa shape index (κ2) is 9.24. The summed E-state index contributed by atoms with van der Waals surface area (Å²) in [6, 6.07) is 3.16. The summed E-state index contributed by atoms with van der Waals surface area (Å²) in [4.78, 5) is 26.9. The van der Waals surface area contributed by atoms with Gasteiger partial charge in [-0.3, -0.25) is 14.5 Å². The maximum atomic E-state index is 12.7. The minimum Gasteiger partial charge on any atom is -0.495 e. The maximum absolute atomic E-state index is 12.7. The summed E-state index contributed by atoms with van der Waals surface area (Å²) in [5.41, 5.74) is 1.47. The van der Waals surface area contributed by atoms with Crippen LogP contribution in [0.2, 0.25) is 5.02 Å². The topological polar surface area (TPSA) is 70.7 Å². The van der Waals surface area contributed by atoms with Gasteiger partial charge in [-0.15, -0.1) is 0 Å². The van der Waals surface area contributed by atoms with Crippen molar-refractivity contribution in [1.82, 2.24) is 10.2 Å². The number of ether oxygens (including phenoxy) is 1. The molecule has 2 N–H and O–H groups in total. The molecule has 1 heterocycles. The first-order chi connectivity index (χ1) is 12.4. The minimum absolute atomic E-state index is 0.0636. The summed E-state index contributed by atoms with van der Waals surface area (Å²) in [6.07, 6.45) is 1.77. The van der Waals surface area contributed by atoms with E-state index >= 15 is 0 Å². The van der Waals surface area contributed by atoms with Crippen LogP contribution in [0.1, 0.15) is 32.3 Å². The van der Waals surface area contributed by atoms with Crippen molar-refractivity contribution in [3.8, 4) is 5.75 Å². The lowest BCUT2D eigenvalue weighted by atomic mass is 9.96. The molecule has 0 saturated carbocycles. The third kappa shape index (κ3) is 4.89. The van der Waals surface area contributed by atoms with E-state index in [2.05, 4.69) is 15.5 Å². The molecule has 0 aliphatic carbocycles. The lowest BCUT2D eigenvalue weighted by Gasteiger charge is -2.35. The summed E-state index contributed by atoms with van der Waals surface area (Å²) < 4.78 is 5.32. The van der Waals surface area contributed by atoms with Crippen LogP contribution in [-0.4, -0.2) is 49.5 Å². The number of carbonyl (C=O) groups is 2. The van der Waals surface area contributed by atoms with Crippen molar-refractivity contribution in [2.75, 3.05) is 32.1 Å². The Hall–Kier alpha value is -1.79. The first kappa shape index (κ1) is 20.5. The van der Waals surface area contributed by atoms with Crippen molar-refractivity contribution in [2.45, 2.75) is 39.7 Å². The van der Waals surface area contributed by atoms with E-state index in [0.29, 0.717) is 29.5 Å². The minimum atomic E-state index is -0.340. The Kier molecular flexibility index (Phi) is 7.29. The van der Waals surface area contributed by atoms with Crippen LogP contribution < -0.4 is 15.4 Å². The number of nitrogens with zero attached hydrogens (tertiary/aromatic N) is 1. The molecule has 7 heteroatoms. The van der Waals surface area contributed by atoms with Gasteiger partial charge in [0.2, 0.25) is 11.8 Å². The predicted molar refractivity (Wildman–Crippen MR) is 104 cm³/mol. The molecule has 1 aromatic rings. The van der Waals surface area contributed by atoms with Crippen LogP contribution >= 0.6 is 11.6 Å². The molecule has 2 unspecified atom stereocenters. The molecule has 144 valence electrons. The van der Waals surface area contributed by atoms with Crippen LogP contribution in [0.4, 0.5) is 5.69 Å². The van der Waals surface area contributed by atoms with Gasteiger partial charge in [0.25, 0.3) is 0 Å². The SMILES string of the molecule is CCNC(=O)C1CCCN(C(C)C(=O)Nc2cc(C)c(Cl)cc2OC)C1. The van der Waals surface area contributed by atoms with E-state index in [1.807, 2.05) is 20.8 Å². The molecule has 1 aromatic carbocycles. The zero-order valence-corrected chi connectivity index (χ0v) is 16.7. The number of anilines is 1. The molecule has 2 amide bonds. The summed E-state index contributed by atoms with van der Waals surface area (Å²) in [5, 5.41) is 6.40. The molecule has 2 rings (SSSR count). The number of amides is 2. The smallest absolute Gasteiger partial charge is 0.241 e. The summed E-state index contributed by atoms with van der Waals surface area (Å²) >= 11 is 6.12. The van der Waals surface area contributed by atoms with Crippen molar-refractivity contribution in [1.29, 1.82) is 0 Å². The first-order valence-electron chi connectivity index (χ1n) is 9.04. The number of rotatable bonds is 6. The molecule has 1 saturated heterocycles. The van der Waals surface area contributed by atoms with Crippen molar-refractivity contribution in [3.63, 3.8) is 0 Å². The van der Waals surface area contributed by atoms with E-state index in [-0.39, 0.29) is 23.8 Å². The van der Waals surface area contributed by atoms with Crippen LogP contribution in [-0.2, 0) is 9.59 Å². The summed E-state index contributed by atoms with van der Waals surface area (Å²) in [5.74, 6) is 0.410. The third-order valence-corrected chi connectivity index (χ3v) is 5.25. The monoisotopic (exact) mass is 381 g/mol. The van der Waals surface area contributed by atoms with Crippen LogP contribution in [0.3, 0.4) is 0 Å². The van der Waals surface area contributed by atoms with E-state index in [0.717, 1.165) is 24.9 Å². The lowest BCUT2D eigenvalue weighted by molar-refractivity contribution is -0.129. The van der Waals surface area contributed by atoms with E-state index in [1.165, 1.54) is 0 Å². The quantitative estimate of drug-likeness (QED) is 0.794. The fourth-order valence-corrected chi connectivity index (χ4v) is 3.38. The second-order valence-electron chi connectivity index (χ2n) is 6.70. The van der Waals surface area contributed by atoms with Crippen molar-refractivity contribution < 1.29 is 14.3 Å². The van der Waals surface area contributed by atoms with Gasteiger partial charge in [0.1, 0.15) is 5.75 Å². The van der Waals surface area contributed by atoms with Crippen LogP contribution in [0, 0.1) is 12.8 Å². The highest BCUT2D eigenvalue weighted by Gasteiger charge is 2.30. The fraction of sp³-hybridized carbons (Fsp3) is 0.579. The number of carbonyl (C=O) groups excluding carboxylic acids is 2. The molecule has 1 aliphatic rings. The Morgan fingerprint density at radius 3 is 2.81 bits per heavy atom. The number of hydrogen-bond acceptors (Lipinski definition) is 4. The van der Waals surface area contributed by atoms with Gasteiger partial charge >= 0.3 is 0 Å². The molecule has 2 atom stereocenters. The Morgan fingerprint density at radius 1 is 1.42 bits per heavy atom. The molecule has 1 fully saturated rings. The highest BCUT2D eigenvalue weighted by Crippen LogP contribution is 2.31. The van der Waals surface area contributed by atoms with E-state index < -0.39 is 0 Å². The predicted octanol–water partition coefficient (Wildman–Crippen LogP) is 2.83. The standard InChI is InChI=1S/C19H28ClN3O3/c1-5-21-19(25)14-7-6-8-23(11-14)13(3)18(24)22-16-9-12(2)15(20)10-17(16)26-4/h9-10,13-14H,5-8,11H2,1-4H3,(H,21,25)(H,22,24). The third-order valence-electron chi connectivity index (χ3n) is 4.84. The number of aryl methyl sites for hydroxylation is 1. The highest BCUT2D eigenvalue weighted by molar-refractivity contribution is 6.31. The first-order valence-corrected chi connectivity index (χ1v) is 9.41. The molecule has 0 radical (unpaired) electrons. The van der Waals surface area contributed by atoms with Gasteiger partial charge in [-0.2, -0.15) is 0 Å². The molecule has 6 nitrogen and oxygen atoms in total. The zero-order valence-electron chi connectivity index (χ0n) is 15.9. The summed E-state index contributed by atoms with van der Waals surface area (Å²) in [7, 11) is 1.54. The number of benzene rings is 1. The number of nitrogens with one attached hydrogen (secondary N) is 2. The Labute approximate surface area is 160 Å². The Morgan fingerprint density at radius 2 is 2.15 bits per heavy atom. The normalized spacial score (nSPS) is 18.9. The van der Waals surface area contributed by atoms with Crippen LogP contribution in [0.5, 0.6) is 5.75 Å². The largest absolute Gasteiger partial charge is 0.495 e. The molecule has 0 bridgehead atoms. The van der Waals surface area contributed by atoms with Gasteiger partial charge in [0.05, 0.1) is 24.8 Å². The summed E-state index contributed by atoms with van der Waals surface area (Å²) in [6.45, 7) is 7.68. The van der Waals surface area contributed by atoms with Crippen molar-refractivity contribution in [3.05, 3.63) is 22.7 Å². The fourth-order valence-electron chi connectivity index (χ4n) is 3.22. The number of methoxy groups -OCH3 is 1. The second-order valence-corrected chi connectivity index (χ2v) is 7.10. The lowest BCUT2D eigenvalue weighted by Crippen LogP contribution is -2.50. The van der Waals surface area contributed by atoms with Crippen molar-refractivity contribution >= 4 is 29.1 Å². The molecular weight excluding hydrogens is 354 g/mol. The molecule has 0 spiro atoms. The van der Waals surface area contributed by atoms with Gasteiger partial charge in [-0.1, -0.05) is 11.6 Å². The van der Waals surface area contributed by atoms with Gasteiger partial charge in [0.15, 0.2) is 0 Å². The molecule has 26 heavy (non-hydrogen) atoms. The Balaban J connectivity index is 2.05. The van der Waals surface area contributed by atoms with Crippen LogP contribution in [0.15, 0.2) is 12.1 Å². The van der Waals surface area contributed by atoms with E-state index in [1.54, 1.807) is 19.2 Å². The van der Waals surface area contributed by atoms with Crippen molar-refractivity contribution in [2.24, 2.45) is 5.92 Å². The van der Waals surface area contributed by atoms with Gasteiger partial charge in [-0.05, 0) is 51.8 Å². The number of halogens is 1. The number of hydrogen-bond donors (Lipinski definition) is 2. The zero-order chi connectivity index (χ0) is 19.3. The highest BCUT2D eigenvalue weighted by atomic mass is 35.5. The maximum Gasteiger partial charge on any atom is 0.241 e. The number of piperidine rings is 1. The average molecular weight is 382 g/mol. The Bertz CT molecular complexity index is 666. The van der Waals surface area contributed by atoms with E-state index in [9.17, 15) is 9.59 Å². The molecular formula is C19H28ClN3O3. The molecule has 1 aliphatic heterocycles. The average Bonchev–Trinajstić information content (AvgIpc) is 2.64. The van der Waals surface area contributed by atoms with Gasteiger partial charge in [0, 0.05) is 24.2 Å². The van der Waals surface area contributed by atoms with Crippen LogP contribution in [0.25, 0.3) is 0 Å². The number of likely N-dealkylation sites (tertiary alicyclic amines) is 1. The van der Waals surface area contributed by atoms with Gasteiger partial charge < -0.3 is 15.4 Å². The van der Waals surface area contributed by atoms with Gasteiger partial charge in [-0.25, -0.2) is 0 Å². The van der Waals surface area contributed by atoms with E-state index in [4.69, 9.17) is 16.3 Å².